The van der Waals surface area contributed by atoms with Gasteiger partial charge in [-0.15, -0.1) is 0 Å². The van der Waals surface area contributed by atoms with Crippen LogP contribution in [0.1, 0.15) is 17.0 Å². The van der Waals surface area contributed by atoms with Crippen LogP contribution in [-0.2, 0) is 6.42 Å². The molecule has 1 aromatic heterocycles. The number of fused-ring (bicyclic) bond motifs is 3. The second kappa shape index (κ2) is 2.70. The molecule has 0 fully saturated rings. The Bertz CT molecular complexity index is 621. The molecule has 0 saturated carbocycles. The Balaban J connectivity index is 1.92. The van der Waals surface area contributed by atoms with Crippen LogP contribution in [0.25, 0.3) is 6.08 Å². The number of hydrogen-bond acceptors (Lipinski definition) is 3. The van der Waals surface area contributed by atoms with Crippen LogP contribution in [0.15, 0.2) is 40.7 Å². The minimum absolute atomic E-state index is 0.840. The van der Waals surface area contributed by atoms with Gasteiger partial charge < -0.3 is 4.74 Å². The number of pyridine rings is 1. The number of aromatic nitrogens is 1. The molecule has 3 nitrogen and oxygen atoms in total. The number of aliphatic imine (C=N–C) groups is 1. The highest BCUT2D eigenvalue weighted by Crippen LogP contribution is 2.37. The summed E-state index contributed by atoms with van der Waals surface area (Å²) in [5.74, 6) is 1.70. The Hall–Kier alpha value is -2.16. The molecule has 0 atom stereocenters. The van der Waals surface area contributed by atoms with Crippen molar-refractivity contribution in [1.82, 2.24) is 4.98 Å². The molecule has 0 bridgehead atoms. The van der Waals surface area contributed by atoms with E-state index in [1.807, 2.05) is 12.2 Å². The Morgan fingerprint density at radius 1 is 1.31 bits per heavy atom. The molecule has 0 aromatic carbocycles. The maximum atomic E-state index is 5.82. The predicted molar refractivity (Wildman–Crippen MR) is 61.4 cm³/mol. The quantitative estimate of drug-likeness (QED) is 0.665. The average molecular weight is 208 g/mol. The predicted octanol–water partition coefficient (Wildman–Crippen LogP) is 2.24. The van der Waals surface area contributed by atoms with E-state index >= 15 is 0 Å². The maximum absolute atomic E-state index is 5.82. The molecule has 0 saturated heterocycles. The molecule has 1 aliphatic carbocycles. The van der Waals surface area contributed by atoms with Crippen LogP contribution in [0.2, 0.25) is 0 Å². The highest BCUT2D eigenvalue weighted by atomic mass is 16.5. The van der Waals surface area contributed by atoms with Crippen LogP contribution in [0.3, 0.4) is 0 Å². The topological polar surface area (TPSA) is 34.5 Å². The van der Waals surface area contributed by atoms with Crippen molar-refractivity contribution in [3.05, 3.63) is 52.7 Å². The number of nitrogens with zero attached hydrogens (tertiary/aromatic N) is 2. The maximum Gasteiger partial charge on any atom is 0.153 e. The van der Waals surface area contributed by atoms with E-state index in [1.165, 1.54) is 11.3 Å². The van der Waals surface area contributed by atoms with Gasteiger partial charge in [0.2, 0.25) is 0 Å². The molecular formula is C13H8N2O. The number of allylic oxidation sites excluding steroid dienone is 2. The lowest BCUT2D eigenvalue weighted by atomic mass is 10.1. The van der Waals surface area contributed by atoms with Gasteiger partial charge in [0.15, 0.2) is 5.75 Å². The molecule has 3 heteroatoms. The lowest BCUT2D eigenvalue weighted by Crippen LogP contribution is -2.05. The number of ether oxygens (including phenoxy) is 1. The fourth-order valence-corrected chi connectivity index (χ4v) is 1.94. The SMILES string of the molecule is C1=CC2=Cc3nc4c(cc3OC2=CC=N1)C4. The summed E-state index contributed by atoms with van der Waals surface area (Å²) in [7, 11) is 0. The molecule has 0 unspecified atom stereocenters. The third-order valence-electron chi connectivity index (χ3n) is 2.87. The zero-order valence-electron chi connectivity index (χ0n) is 8.47. The van der Waals surface area contributed by atoms with E-state index in [0.29, 0.717) is 0 Å². The highest BCUT2D eigenvalue weighted by Gasteiger charge is 2.25. The Labute approximate surface area is 92.5 Å². The van der Waals surface area contributed by atoms with Gasteiger partial charge >= 0.3 is 0 Å². The first-order valence-corrected chi connectivity index (χ1v) is 5.23. The summed E-state index contributed by atoms with van der Waals surface area (Å²) < 4.78 is 5.82. The molecule has 76 valence electrons. The van der Waals surface area contributed by atoms with E-state index in [4.69, 9.17) is 4.74 Å². The van der Waals surface area contributed by atoms with Crippen molar-refractivity contribution < 1.29 is 4.74 Å². The summed E-state index contributed by atoms with van der Waals surface area (Å²) in [6.07, 6.45) is 10.4. The Kier molecular flexibility index (Phi) is 1.36. The molecule has 4 rings (SSSR count). The molecule has 2 aliphatic heterocycles. The normalized spacial score (nSPS) is 18.5. The second-order valence-electron chi connectivity index (χ2n) is 4.00. The second-order valence-corrected chi connectivity index (χ2v) is 4.00. The van der Waals surface area contributed by atoms with Crippen LogP contribution in [-0.4, -0.2) is 11.2 Å². The van der Waals surface area contributed by atoms with Crippen molar-refractivity contribution in [2.24, 2.45) is 4.99 Å². The molecule has 0 N–H and O–H groups in total. The molecule has 0 amide bonds. The van der Waals surface area contributed by atoms with Crippen molar-refractivity contribution in [3.63, 3.8) is 0 Å². The van der Waals surface area contributed by atoms with Crippen molar-refractivity contribution in [2.75, 3.05) is 0 Å². The molecule has 1 aromatic rings. The lowest BCUT2D eigenvalue weighted by molar-refractivity contribution is 0.433. The molecule has 3 heterocycles. The molecule has 0 radical (unpaired) electrons. The van der Waals surface area contributed by atoms with Crippen LogP contribution in [0.5, 0.6) is 5.75 Å². The average Bonchev–Trinajstić information content (AvgIpc) is 3.05. The first-order valence-electron chi connectivity index (χ1n) is 5.23. The van der Waals surface area contributed by atoms with E-state index in [0.717, 1.165) is 29.2 Å². The van der Waals surface area contributed by atoms with Crippen molar-refractivity contribution >= 4 is 12.3 Å². The summed E-state index contributed by atoms with van der Waals surface area (Å²) in [4.78, 5) is 8.59. The molecule has 3 aliphatic rings. The van der Waals surface area contributed by atoms with Gasteiger partial charge in [-0.1, -0.05) is 0 Å². The van der Waals surface area contributed by atoms with Gasteiger partial charge in [0.1, 0.15) is 11.5 Å². The first-order chi connectivity index (χ1) is 7.90. The van der Waals surface area contributed by atoms with E-state index in [2.05, 4.69) is 22.1 Å². The van der Waals surface area contributed by atoms with Gasteiger partial charge in [0.25, 0.3) is 0 Å². The van der Waals surface area contributed by atoms with Crippen molar-refractivity contribution in [2.45, 2.75) is 6.42 Å². The van der Waals surface area contributed by atoms with Crippen molar-refractivity contribution in [1.29, 1.82) is 0 Å². The van der Waals surface area contributed by atoms with E-state index in [1.54, 1.807) is 12.4 Å². The standard InChI is InChI=1S/C13H8N2O/c1-3-14-4-2-12-8(1)5-11-13(16-12)7-9-6-10(9)15-11/h1-5,7H,6H2. The summed E-state index contributed by atoms with van der Waals surface area (Å²) >= 11 is 0. The number of rotatable bonds is 0. The zero-order chi connectivity index (χ0) is 10.5. The third-order valence-corrected chi connectivity index (χ3v) is 2.87. The highest BCUT2D eigenvalue weighted by molar-refractivity contribution is 5.79. The molecular weight excluding hydrogens is 200 g/mol. The van der Waals surface area contributed by atoms with Crippen LogP contribution in [0.4, 0.5) is 0 Å². The van der Waals surface area contributed by atoms with Gasteiger partial charge in [-0.3, -0.25) is 4.99 Å². The largest absolute Gasteiger partial charge is 0.454 e. The summed E-state index contributed by atoms with van der Waals surface area (Å²) in [5, 5.41) is 0. The van der Waals surface area contributed by atoms with Gasteiger partial charge in [-0.2, -0.15) is 0 Å². The van der Waals surface area contributed by atoms with Gasteiger partial charge in [0.05, 0.1) is 0 Å². The monoisotopic (exact) mass is 208 g/mol. The fraction of sp³-hybridized carbons (Fsp3) is 0.0769. The van der Waals surface area contributed by atoms with Crippen LogP contribution in [0, 0.1) is 0 Å². The summed E-state index contributed by atoms with van der Waals surface area (Å²) in [6.45, 7) is 0. The first kappa shape index (κ1) is 8.05. The lowest BCUT2D eigenvalue weighted by Gasteiger charge is -2.16. The van der Waals surface area contributed by atoms with E-state index < -0.39 is 0 Å². The van der Waals surface area contributed by atoms with Crippen molar-refractivity contribution in [3.8, 4) is 5.75 Å². The number of hydrogen-bond donors (Lipinski definition) is 0. The third kappa shape index (κ3) is 1.08. The van der Waals surface area contributed by atoms with Gasteiger partial charge in [0, 0.05) is 30.1 Å². The van der Waals surface area contributed by atoms with Gasteiger partial charge in [-0.05, 0) is 29.9 Å². The minimum Gasteiger partial charge on any atom is -0.454 e. The van der Waals surface area contributed by atoms with Gasteiger partial charge in [-0.25, -0.2) is 4.98 Å². The smallest absolute Gasteiger partial charge is 0.153 e. The summed E-state index contributed by atoms with van der Waals surface area (Å²) in [5.41, 5.74) is 4.45. The molecule has 16 heavy (non-hydrogen) atoms. The Morgan fingerprint density at radius 2 is 2.31 bits per heavy atom. The van der Waals surface area contributed by atoms with E-state index in [9.17, 15) is 0 Å². The molecule has 0 spiro atoms. The fourth-order valence-electron chi connectivity index (χ4n) is 1.94. The van der Waals surface area contributed by atoms with E-state index in [-0.39, 0.29) is 0 Å². The van der Waals surface area contributed by atoms with Crippen LogP contribution < -0.4 is 4.74 Å². The zero-order valence-corrected chi connectivity index (χ0v) is 8.47. The summed E-state index contributed by atoms with van der Waals surface area (Å²) in [6, 6.07) is 2.08. The Morgan fingerprint density at radius 3 is 3.31 bits per heavy atom. The minimum atomic E-state index is 0.840. The van der Waals surface area contributed by atoms with Crippen LogP contribution >= 0.6 is 0 Å².